The highest BCUT2D eigenvalue weighted by molar-refractivity contribution is 4.99. The molecule has 0 aromatic carbocycles. The van der Waals surface area contributed by atoms with Crippen molar-refractivity contribution in [3.8, 4) is 0 Å². The molecule has 0 bridgehead atoms. The lowest BCUT2D eigenvalue weighted by Gasteiger charge is -2.13. The first-order valence-electron chi connectivity index (χ1n) is 5.44. The zero-order valence-corrected chi connectivity index (χ0v) is 9.42. The Bertz CT molecular complexity index is 228. The lowest BCUT2D eigenvalue weighted by Crippen LogP contribution is -2.29. The fraction of sp³-hybridized carbons (Fsp3) is 0.667. The standard InChI is InChI=1S/C12H21NO/c1-10(2)6-7-13-11(3)9-12-5-4-8-14-12/h4-5,8,10-11,13H,6-7,9H2,1-3H3. The highest BCUT2D eigenvalue weighted by atomic mass is 16.3. The Balaban J connectivity index is 2.13. The van der Waals surface area contributed by atoms with E-state index in [-0.39, 0.29) is 0 Å². The molecule has 2 heteroatoms. The van der Waals surface area contributed by atoms with Gasteiger partial charge in [-0.15, -0.1) is 0 Å². The molecule has 0 spiro atoms. The van der Waals surface area contributed by atoms with Crippen LogP contribution >= 0.6 is 0 Å². The summed E-state index contributed by atoms with van der Waals surface area (Å²) in [5.41, 5.74) is 0. The molecular formula is C12H21NO. The second-order valence-corrected chi connectivity index (χ2v) is 4.32. The first-order chi connectivity index (χ1) is 6.68. The molecule has 1 rings (SSSR count). The van der Waals surface area contributed by atoms with Crippen molar-refractivity contribution in [2.24, 2.45) is 5.92 Å². The maximum Gasteiger partial charge on any atom is 0.105 e. The third-order valence-electron chi connectivity index (χ3n) is 2.30. The Morgan fingerprint density at radius 2 is 2.14 bits per heavy atom. The van der Waals surface area contributed by atoms with Crippen LogP contribution in [0.1, 0.15) is 33.0 Å². The van der Waals surface area contributed by atoms with Crippen LogP contribution in [-0.4, -0.2) is 12.6 Å². The van der Waals surface area contributed by atoms with Crippen molar-refractivity contribution in [1.29, 1.82) is 0 Å². The monoisotopic (exact) mass is 195 g/mol. The first-order valence-corrected chi connectivity index (χ1v) is 5.44. The van der Waals surface area contributed by atoms with Crippen LogP contribution in [0.5, 0.6) is 0 Å². The van der Waals surface area contributed by atoms with Gasteiger partial charge < -0.3 is 9.73 Å². The molecule has 0 aliphatic rings. The maximum absolute atomic E-state index is 5.29. The van der Waals surface area contributed by atoms with E-state index in [1.165, 1.54) is 6.42 Å². The summed E-state index contributed by atoms with van der Waals surface area (Å²) in [5, 5.41) is 3.49. The molecule has 1 N–H and O–H groups in total. The average molecular weight is 195 g/mol. The Labute approximate surface area is 86.7 Å². The van der Waals surface area contributed by atoms with E-state index in [2.05, 4.69) is 26.1 Å². The largest absolute Gasteiger partial charge is 0.469 e. The summed E-state index contributed by atoms with van der Waals surface area (Å²) in [7, 11) is 0. The Morgan fingerprint density at radius 3 is 2.71 bits per heavy atom. The molecule has 0 aliphatic heterocycles. The van der Waals surface area contributed by atoms with Gasteiger partial charge in [-0.25, -0.2) is 0 Å². The number of hydrogen-bond donors (Lipinski definition) is 1. The molecule has 1 unspecified atom stereocenters. The molecule has 80 valence electrons. The molecule has 1 atom stereocenters. The average Bonchev–Trinajstić information content (AvgIpc) is 2.56. The van der Waals surface area contributed by atoms with Crippen LogP contribution in [0, 0.1) is 5.92 Å². The van der Waals surface area contributed by atoms with E-state index in [0.717, 1.165) is 24.6 Å². The van der Waals surface area contributed by atoms with Crippen LogP contribution in [0.15, 0.2) is 22.8 Å². The number of nitrogens with one attached hydrogen (secondary N) is 1. The third-order valence-corrected chi connectivity index (χ3v) is 2.30. The van der Waals surface area contributed by atoms with Gasteiger partial charge in [-0.05, 0) is 37.9 Å². The molecule has 0 fully saturated rings. The molecule has 0 saturated heterocycles. The molecule has 0 aliphatic carbocycles. The van der Waals surface area contributed by atoms with E-state index in [1.54, 1.807) is 6.26 Å². The Hall–Kier alpha value is -0.760. The summed E-state index contributed by atoms with van der Waals surface area (Å²) < 4.78 is 5.29. The van der Waals surface area contributed by atoms with Gasteiger partial charge in [0.15, 0.2) is 0 Å². The zero-order valence-electron chi connectivity index (χ0n) is 9.42. The fourth-order valence-electron chi connectivity index (χ4n) is 1.42. The Morgan fingerprint density at radius 1 is 1.36 bits per heavy atom. The van der Waals surface area contributed by atoms with Gasteiger partial charge in [0.2, 0.25) is 0 Å². The quantitative estimate of drug-likeness (QED) is 0.755. The van der Waals surface area contributed by atoms with Crippen molar-refractivity contribution in [3.05, 3.63) is 24.2 Å². The van der Waals surface area contributed by atoms with Gasteiger partial charge in [0.1, 0.15) is 5.76 Å². The summed E-state index contributed by atoms with van der Waals surface area (Å²) in [6, 6.07) is 4.47. The minimum Gasteiger partial charge on any atom is -0.469 e. The normalized spacial score (nSPS) is 13.4. The number of rotatable bonds is 6. The predicted molar refractivity (Wildman–Crippen MR) is 59.3 cm³/mol. The van der Waals surface area contributed by atoms with Gasteiger partial charge in [0.25, 0.3) is 0 Å². The van der Waals surface area contributed by atoms with Gasteiger partial charge in [-0.3, -0.25) is 0 Å². The highest BCUT2D eigenvalue weighted by Gasteiger charge is 2.04. The van der Waals surface area contributed by atoms with E-state index in [9.17, 15) is 0 Å². The van der Waals surface area contributed by atoms with Gasteiger partial charge in [-0.2, -0.15) is 0 Å². The molecule has 1 aromatic rings. The van der Waals surface area contributed by atoms with Crippen LogP contribution in [0.25, 0.3) is 0 Å². The topological polar surface area (TPSA) is 25.2 Å². The molecule has 0 radical (unpaired) electrons. The van der Waals surface area contributed by atoms with E-state index in [4.69, 9.17) is 4.42 Å². The van der Waals surface area contributed by atoms with Crippen molar-refractivity contribution in [1.82, 2.24) is 5.32 Å². The first kappa shape index (κ1) is 11.3. The highest BCUT2D eigenvalue weighted by Crippen LogP contribution is 2.04. The van der Waals surface area contributed by atoms with Gasteiger partial charge in [0.05, 0.1) is 6.26 Å². The molecular weight excluding hydrogens is 174 g/mol. The summed E-state index contributed by atoms with van der Waals surface area (Å²) in [5.74, 6) is 1.84. The van der Waals surface area contributed by atoms with E-state index in [0.29, 0.717) is 6.04 Å². The van der Waals surface area contributed by atoms with Crippen molar-refractivity contribution < 1.29 is 4.42 Å². The molecule has 2 nitrogen and oxygen atoms in total. The van der Waals surface area contributed by atoms with Gasteiger partial charge in [0, 0.05) is 12.5 Å². The summed E-state index contributed by atoms with van der Waals surface area (Å²) >= 11 is 0. The number of furan rings is 1. The van der Waals surface area contributed by atoms with Crippen molar-refractivity contribution in [3.63, 3.8) is 0 Å². The van der Waals surface area contributed by atoms with E-state index >= 15 is 0 Å². The molecule has 0 amide bonds. The molecule has 1 aromatic heterocycles. The van der Waals surface area contributed by atoms with E-state index < -0.39 is 0 Å². The lowest BCUT2D eigenvalue weighted by molar-refractivity contribution is 0.441. The lowest BCUT2D eigenvalue weighted by atomic mass is 10.1. The van der Waals surface area contributed by atoms with Crippen molar-refractivity contribution in [2.45, 2.75) is 39.7 Å². The van der Waals surface area contributed by atoms with Crippen LogP contribution in [0.4, 0.5) is 0 Å². The number of hydrogen-bond acceptors (Lipinski definition) is 2. The van der Waals surface area contributed by atoms with Crippen molar-refractivity contribution >= 4 is 0 Å². The predicted octanol–water partition coefficient (Wildman–Crippen LogP) is 2.85. The van der Waals surface area contributed by atoms with Crippen LogP contribution in [-0.2, 0) is 6.42 Å². The second kappa shape index (κ2) is 5.86. The van der Waals surface area contributed by atoms with Crippen molar-refractivity contribution in [2.75, 3.05) is 6.54 Å². The van der Waals surface area contributed by atoms with Gasteiger partial charge >= 0.3 is 0 Å². The fourth-order valence-corrected chi connectivity index (χ4v) is 1.42. The summed E-state index contributed by atoms with van der Waals surface area (Å²) in [4.78, 5) is 0. The smallest absolute Gasteiger partial charge is 0.105 e. The SMILES string of the molecule is CC(C)CCNC(C)Cc1ccco1. The van der Waals surface area contributed by atoms with Gasteiger partial charge in [-0.1, -0.05) is 13.8 Å². The maximum atomic E-state index is 5.29. The molecule has 1 heterocycles. The zero-order chi connectivity index (χ0) is 10.4. The molecule has 0 saturated carbocycles. The molecule has 14 heavy (non-hydrogen) atoms. The second-order valence-electron chi connectivity index (χ2n) is 4.32. The third kappa shape index (κ3) is 4.47. The Kier molecular flexibility index (Phi) is 4.74. The van der Waals surface area contributed by atoms with E-state index in [1.807, 2.05) is 12.1 Å². The minimum absolute atomic E-state index is 0.500. The minimum atomic E-state index is 0.500. The van der Waals surface area contributed by atoms with Crippen LogP contribution in [0.2, 0.25) is 0 Å². The summed E-state index contributed by atoms with van der Waals surface area (Å²) in [6.45, 7) is 7.79. The van der Waals surface area contributed by atoms with Crippen LogP contribution < -0.4 is 5.32 Å². The summed E-state index contributed by atoms with van der Waals surface area (Å²) in [6.07, 6.45) is 3.95. The van der Waals surface area contributed by atoms with Crippen LogP contribution in [0.3, 0.4) is 0 Å².